The van der Waals surface area contributed by atoms with Gasteiger partial charge in [0.15, 0.2) is 0 Å². The van der Waals surface area contributed by atoms with Crippen molar-refractivity contribution in [1.82, 2.24) is 14.8 Å². The highest BCUT2D eigenvalue weighted by Gasteiger charge is 2.23. The average molecular weight is 391 g/mol. The fourth-order valence-electron chi connectivity index (χ4n) is 3.00. The van der Waals surface area contributed by atoms with Gasteiger partial charge in [0.05, 0.1) is 22.8 Å². The van der Waals surface area contributed by atoms with Crippen LogP contribution in [0.1, 0.15) is 16.8 Å². The van der Waals surface area contributed by atoms with Crippen molar-refractivity contribution in [2.24, 2.45) is 0 Å². The Labute approximate surface area is 161 Å². The Morgan fingerprint density at radius 2 is 1.93 bits per heavy atom. The van der Waals surface area contributed by atoms with Crippen LogP contribution in [0.2, 0.25) is 5.02 Å². The van der Waals surface area contributed by atoms with Gasteiger partial charge < -0.3 is 10.2 Å². The highest BCUT2D eigenvalue weighted by Crippen LogP contribution is 2.20. The summed E-state index contributed by atoms with van der Waals surface area (Å²) in [6.45, 7) is 2.34. The van der Waals surface area contributed by atoms with Crippen LogP contribution in [0.4, 0.5) is 10.1 Å². The molecule has 0 radical (unpaired) electrons. The number of nitrogens with one attached hydrogen (secondary N) is 1. The summed E-state index contributed by atoms with van der Waals surface area (Å²) < 4.78 is 13.8. The molecule has 2 heterocycles. The number of halogens is 2. The van der Waals surface area contributed by atoms with Gasteiger partial charge in [-0.25, -0.2) is 4.98 Å². The lowest BCUT2D eigenvalue weighted by molar-refractivity contribution is -0.117. The Hall–Kier alpha value is -2.51. The van der Waals surface area contributed by atoms with Gasteiger partial charge in [-0.1, -0.05) is 23.7 Å². The largest absolute Gasteiger partial charge is 0.337 e. The summed E-state index contributed by atoms with van der Waals surface area (Å²) in [7, 11) is 0. The van der Waals surface area contributed by atoms with Gasteiger partial charge in [0.2, 0.25) is 11.9 Å². The summed E-state index contributed by atoms with van der Waals surface area (Å²) in [6.07, 6.45) is 2.01. The lowest BCUT2D eigenvalue weighted by Crippen LogP contribution is -2.38. The predicted octanol–water partition coefficient (Wildman–Crippen LogP) is 2.66. The number of amides is 2. The van der Waals surface area contributed by atoms with Gasteiger partial charge in [-0.3, -0.25) is 14.5 Å². The number of anilines is 1. The van der Waals surface area contributed by atoms with Gasteiger partial charge >= 0.3 is 0 Å². The lowest BCUT2D eigenvalue weighted by atomic mass is 10.2. The molecule has 0 saturated carbocycles. The van der Waals surface area contributed by atoms with Crippen LogP contribution in [0, 0.1) is 5.95 Å². The molecule has 142 valence electrons. The van der Waals surface area contributed by atoms with E-state index in [4.69, 9.17) is 11.6 Å². The van der Waals surface area contributed by atoms with Crippen molar-refractivity contribution in [2.75, 3.05) is 38.0 Å². The third-order valence-electron chi connectivity index (χ3n) is 4.38. The second kappa shape index (κ2) is 8.92. The van der Waals surface area contributed by atoms with Crippen LogP contribution in [-0.4, -0.2) is 59.3 Å². The molecule has 27 heavy (non-hydrogen) atoms. The van der Waals surface area contributed by atoms with Crippen LogP contribution in [0.15, 0.2) is 42.6 Å². The molecule has 0 unspecified atom stereocenters. The number of hydrogen-bond acceptors (Lipinski definition) is 4. The minimum absolute atomic E-state index is 0.0255. The second-order valence-electron chi connectivity index (χ2n) is 6.29. The van der Waals surface area contributed by atoms with E-state index in [2.05, 4.69) is 10.3 Å². The molecule has 1 fully saturated rings. The van der Waals surface area contributed by atoms with Crippen molar-refractivity contribution < 1.29 is 14.0 Å². The summed E-state index contributed by atoms with van der Waals surface area (Å²) in [6, 6.07) is 10.0. The quantitative estimate of drug-likeness (QED) is 0.815. The number of hydrogen-bond donors (Lipinski definition) is 1. The summed E-state index contributed by atoms with van der Waals surface area (Å²) >= 11 is 6.05. The molecule has 0 atom stereocenters. The van der Waals surface area contributed by atoms with Crippen LogP contribution in [0.5, 0.6) is 0 Å². The van der Waals surface area contributed by atoms with Gasteiger partial charge in [0, 0.05) is 32.4 Å². The van der Waals surface area contributed by atoms with E-state index in [9.17, 15) is 14.0 Å². The highest BCUT2D eigenvalue weighted by atomic mass is 35.5. The average Bonchev–Trinajstić information content (AvgIpc) is 2.89. The van der Waals surface area contributed by atoms with Crippen molar-refractivity contribution >= 4 is 29.1 Å². The van der Waals surface area contributed by atoms with Crippen LogP contribution in [0.25, 0.3) is 0 Å². The van der Waals surface area contributed by atoms with Crippen LogP contribution < -0.4 is 5.32 Å². The summed E-state index contributed by atoms with van der Waals surface area (Å²) in [5.74, 6) is -1.30. The molecule has 1 aromatic carbocycles. The minimum Gasteiger partial charge on any atom is -0.337 e. The number of para-hydroxylation sites is 1. The smallest absolute Gasteiger partial charge is 0.258 e. The van der Waals surface area contributed by atoms with Gasteiger partial charge in [0.1, 0.15) is 0 Å². The van der Waals surface area contributed by atoms with E-state index in [1.807, 2.05) is 4.90 Å². The Balaban J connectivity index is 1.55. The maximum Gasteiger partial charge on any atom is 0.258 e. The number of carbonyl (C=O) groups excluding carboxylic acids is 2. The molecule has 6 nitrogen and oxygen atoms in total. The Morgan fingerprint density at radius 1 is 1.11 bits per heavy atom. The van der Waals surface area contributed by atoms with Gasteiger partial charge in [-0.2, -0.15) is 4.39 Å². The molecule has 0 spiro atoms. The zero-order valence-corrected chi connectivity index (χ0v) is 15.5. The standard InChI is InChI=1S/C19H20ClFN4O2/c20-15-6-1-2-7-16(15)23-17(26)13-24-9-4-10-25(12-11-24)19(27)14-5-3-8-22-18(14)21/h1-3,5-8H,4,9-13H2,(H,23,26). The third kappa shape index (κ3) is 5.02. The monoisotopic (exact) mass is 390 g/mol. The first kappa shape index (κ1) is 19.3. The van der Waals surface area contributed by atoms with E-state index in [0.717, 1.165) is 0 Å². The molecular weight excluding hydrogens is 371 g/mol. The number of benzene rings is 1. The molecule has 1 N–H and O–H groups in total. The molecule has 2 aromatic rings. The van der Waals surface area contributed by atoms with E-state index < -0.39 is 5.95 Å². The maximum absolute atomic E-state index is 13.8. The lowest BCUT2D eigenvalue weighted by Gasteiger charge is -2.22. The van der Waals surface area contributed by atoms with Crippen molar-refractivity contribution in [1.29, 1.82) is 0 Å². The van der Waals surface area contributed by atoms with Gasteiger partial charge in [-0.15, -0.1) is 0 Å². The normalized spacial score (nSPS) is 15.3. The fraction of sp³-hybridized carbons (Fsp3) is 0.316. The first-order valence-corrected chi connectivity index (χ1v) is 9.09. The SMILES string of the molecule is O=C(CN1CCCN(C(=O)c2cccnc2F)CC1)Nc1ccccc1Cl. The van der Waals surface area contributed by atoms with Crippen molar-refractivity contribution in [3.8, 4) is 0 Å². The van der Waals surface area contributed by atoms with E-state index in [-0.39, 0.29) is 23.9 Å². The molecule has 1 saturated heterocycles. The topological polar surface area (TPSA) is 65.5 Å². The molecule has 2 amide bonds. The zero-order valence-electron chi connectivity index (χ0n) is 14.7. The number of pyridine rings is 1. The number of nitrogens with zero attached hydrogens (tertiary/aromatic N) is 3. The van der Waals surface area contributed by atoms with E-state index >= 15 is 0 Å². The van der Waals surface area contributed by atoms with Gasteiger partial charge in [-0.05, 0) is 30.7 Å². The van der Waals surface area contributed by atoms with Gasteiger partial charge in [0.25, 0.3) is 5.91 Å². The van der Waals surface area contributed by atoms with Crippen molar-refractivity contribution in [2.45, 2.75) is 6.42 Å². The Kier molecular flexibility index (Phi) is 6.36. The van der Waals surface area contributed by atoms with E-state index in [0.29, 0.717) is 43.3 Å². The van der Waals surface area contributed by atoms with Crippen molar-refractivity contribution in [3.63, 3.8) is 0 Å². The van der Waals surface area contributed by atoms with Crippen molar-refractivity contribution in [3.05, 3.63) is 59.1 Å². The zero-order chi connectivity index (χ0) is 19.2. The number of carbonyl (C=O) groups is 2. The Bertz CT molecular complexity index is 833. The number of aromatic nitrogens is 1. The first-order valence-electron chi connectivity index (χ1n) is 8.71. The third-order valence-corrected chi connectivity index (χ3v) is 4.71. The second-order valence-corrected chi connectivity index (χ2v) is 6.70. The molecule has 1 aromatic heterocycles. The van der Waals surface area contributed by atoms with Crippen LogP contribution in [0.3, 0.4) is 0 Å². The first-order chi connectivity index (χ1) is 13.0. The summed E-state index contributed by atoms with van der Waals surface area (Å²) in [4.78, 5) is 31.9. The fourth-order valence-corrected chi connectivity index (χ4v) is 3.19. The van der Waals surface area contributed by atoms with Crippen LogP contribution >= 0.6 is 11.6 Å². The molecule has 1 aliphatic rings. The maximum atomic E-state index is 13.8. The molecule has 8 heteroatoms. The molecule has 0 aliphatic carbocycles. The molecule has 1 aliphatic heterocycles. The minimum atomic E-state index is -0.761. The van der Waals surface area contributed by atoms with E-state index in [1.54, 1.807) is 35.2 Å². The Morgan fingerprint density at radius 3 is 2.70 bits per heavy atom. The molecule has 0 bridgehead atoms. The van der Waals surface area contributed by atoms with Crippen LogP contribution in [-0.2, 0) is 4.79 Å². The molecular formula is C19H20ClFN4O2. The molecule has 3 rings (SSSR count). The summed E-state index contributed by atoms with van der Waals surface area (Å²) in [5.41, 5.74) is 0.547. The summed E-state index contributed by atoms with van der Waals surface area (Å²) in [5, 5.41) is 3.28. The predicted molar refractivity (Wildman–Crippen MR) is 101 cm³/mol. The van der Waals surface area contributed by atoms with E-state index in [1.165, 1.54) is 12.3 Å². The highest BCUT2D eigenvalue weighted by molar-refractivity contribution is 6.33. The number of rotatable bonds is 4.